The number of fused-ring (bicyclic) bond motifs is 1. The summed E-state index contributed by atoms with van der Waals surface area (Å²) in [7, 11) is 0. The van der Waals surface area contributed by atoms with Crippen LogP contribution < -0.4 is 5.32 Å². The maximum atomic E-state index is 13.1. The van der Waals surface area contributed by atoms with Crippen molar-refractivity contribution < 1.29 is 4.79 Å². The molecule has 0 saturated carbocycles. The molecule has 3 aromatic heterocycles. The van der Waals surface area contributed by atoms with Gasteiger partial charge in [0.15, 0.2) is 0 Å². The van der Waals surface area contributed by atoms with Gasteiger partial charge < -0.3 is 0 Å². The van der Waals surface area contributed by atoms with E-state index in [4.69, 9.17) is 4.98 Å². The van der Waals surface area contributed by atoms with Gasteiger partial charge in [-0.2, -0.15) is 0 Å². The molecule has 140 valence electrons. The van der Waals surface area contributed by atoms with Crippen molar-refractivity contribution in [1.82, 2.24) is 15.0 Å². The molecule has 6 heteroatoms. The number of anilines is 1. The number of nitrogens with one attached hydrogen (secondary N) is 1. The molecule has 4 rings (SSSR count). The molecule has 0 bridgehead atoms. The highest BCUT2D eigenvalue weighted by atomic mass is 32.1. The summed E-state index contributed by atoms with van der Waals surface area (Å²) in [5.41, 5.74) is 4.85. The number of carbonyl (C=O) groups is 1. The van der Waals surface area contributed by atoms with Gasteiger partial charge in [0.2, 0.25) is 5.95 Å². The molecule has 4 aromatic rings. The van der Waals surface area contributed by atoms with E-state index in [0.29, 0.717) is 11.5 Å². The van der Waals surface area contributed by atoms with E-state index < -0.39 is 0 Å². The number of hydrogen-bond donors (Lipinski definition) is 1. The number of hydrogen-bond acceptors (Lipinski definition) is 5. The topological polar surface area (TPSA) is 67.8 Å². The van der Waals surface area contributed by atoms with Crippen LogP contribution in [0.25, 0.3) is 21.5 Å². The Morgan fingerprint density at radius 3 is 2.32 bits per heavy atom. The van der Waals surface area contributed by atoms with E-state index in [1.54, 1.807) is 11.3 Å². The van der Waals surface area contributed by atoms with Crippen LogP contribution in [0.1, 0.15) is 32.2 Å². The van der Waals surface area contributed by atoms with Gasteiger partial charge in [0, 0.05) is 21.7 Å². The average molecular weight is 388 g/mol. The molecule has 1 aromatic carbocycles. The second-order valence-electron chi connectivity index (χ2n) is 6.91. The van der Waals surface area contributed by atoms with Crippen LogP contribution in [0.5, 0.6) is 0 Å². The molecule has 0 aliphatic rings. The van der Waals surface area contributed by atoms with Gasteiger partial charge in [-0.1, -0.05) is 11.6 Å². The number of carbonyl (C=O) groups excluding carboxylic acids is 1. The van der Waals surface area contributed by atoms with Gasteiger partial charge in [-0.3, -0.25) is 10.1 Å². The Morgan fingerprint density at radius 2 is 1.64 bits per heavy atom. The summed E-state index contributed by atoms with van der Waals surface area (Å²) in [5.74, 6) is 0.0751. The molecule has 0 aliphatic heterocycles. The number of benzene rings is 1. The molecule has 0 saturated heterocycles. The van der Waals surface area contributed by atoms with Crippen LogP contribution in [0, 0.1) is 27.7 Å². The molecule has 1 amide bonds. The quantitative estimate of drug-likeness (QED) is 0.521. The summed E-state index contributed by atoms with van der Waals surface area (Å²) >= 11 is 1.66. The average Bonchev–Trinajstić information content (AvgIpc) is 3.06. The van der Waals surface area contributed by atoms with E-state index in [2.05, 4.69) is 28.3 Å². The third-order valence-corrected chi connectivity index (χ3v) is 5.43. The molecule has 0 fully saturated rings. The minimum atomic E-state index is -0.238. The number of amides is 1. The highest BCUT2D eigenvalue weighted by Gasteiger charge is 2.16. The maximum absolute atomic E-state index is 13.1. The summed E-state index contributed by atoms with van der Waals surface area (Å²) in [6, 6.07) is 13.8. The molecule has 1 N–H and O–H groups in total. The third-order valence-electron chi connectivity index (χ3n) is 4.41. The SMILES string of the molecule is Cc1ccc2nc(-c3ccc(C)s3)cc(C(=O)Nc3nc(C)cc(C)n3)c2c1. The lowest BCUT2D eigenvalue weighted by Crippen LogP contribution is -2.16. The van der Waals surface area contributed by atoms with E-state index in [1.807, 2.05) is 57.2 Å². The van der Waals surface area contributed by atoms with Crippen LogP contribution in [0.2, 0.25) is 0 Å². The first kappa shape index (κ1) is 18.3. The molecule has 0 unspecified atom stereocenters. The van der Waals surface area contributed by atoms with Gasteiger partial charge in [-0.25, -0.2) is 15.0 Å². The maximum Gasteiger partial charge on any atom is 0.258 e. The fourth-order valence-corrected chi connectivity index (χ4v) is 4.00. The molecule has 28 heavy (non-hydrogen) atoms. The third kappa shape index (κ3) is 3.64. The second-order valence-corrected chi connectivity index (χ2v) is 8.20. The van der Waals surface area contributed by atoms with Crippen LogP contribution in [0.4, 0.5) is 5.95 Å². The van der Waals surface area contributed by atoms with Crippen LogP contribution in [-0.2, 0) is 0 Å². The number of thiophene rings is 1. The van der Waals surface area contributed by atoms with Gasteiger partial charge in [0.25, 0.3) is 5.91 Å². The summed E-state index contributed by atoms with van der Waals surface area (Å²) < 4.78 is 0. The smallest absolute Gasteiger partial charge is 0.258 e. The highest BCUT2D eigenvalue weighted by molar-refractivity contribution is 7.15. The molecule has 5 nitrogen and oxygen atoms in total. The molecule has 0 spiro atoms. The van der Waals surface area contributed by atoms with Crippen molar-refractivity contribution in [3.63, 3.8) is 0 Å². The van der Waals surface area contributed by atoms with E-state index in [9.17, 15) is 4.79 Å². The number of aryl methyl sites for hydroxylation is 4. The number of aromatic nitrogens is 3. The Kier molecular flexibility index (Phi) is 4.65. The van der Waals surface area contributed by atoms with Crippen LogP contribution >= 0.6 is 11.3 Å². The zero-order valence-corrected chi connectivity index (χ0v) is 17.0. The van der Waals surface area contributed by atoms with Gasteiger partial charge >= 0.3 is 0 Å². The minimum absolute atomic E-state index is 0.238. The van der Waals surface area contributed by atoms with E-state index >= 15 is 0 Å². The second kappa shape index (κ2) is 7.13. The molecular weight excluding hydrogens is 368 g/mol. The van der Waals surface area contributed by atoms with Crippen molar-refractivity contribution in [3.8, 4) is 10.6 Å². The zero-order chi connectivity index (χ0) is 19.8. The minimum Gasteiger partial charge on any atom is -0.290 e. The number of rotatable bonds is 3. The Bertz CT molecular complexity index is 1190. The van der Waals surface area contributed by atoms with Gasteiger partial charge in [-0.15, -0.1) is 11.3 Å². The van der Waals surface area contributed by atoms with E-state index in [1.165, 1.54) is 4.88 Å². The largest absolute Gasteiger partial charge is 0.290 e. The van der Waals surface area contributed by atoms with Crippen LogP contribution in [-0.4, -0.2) is 20.9 Å². The Hall–Kier alpha value is -3.12. The molecular formula is C22H20N4OS. The van der Waals surface area contributed by atoms with Crippen molar-refractivity contribution >= 4 is 34.1 Å². The van der Waals surface area contributed by atoms with Gasteiger partial charge in [0.05, 0.1) is 21.7 Å². The number of pyridine rings is 1. The predicted octanol–water partition coefficient (Wildman–Crippen LogP) is 5.24. The van der Waals surface area contributed by atoms with E-state index in [-0.39, 0.29) is 5.91 Å². The van der Waals surface area contributed by atoms with E-state index in [0.717, 1.165) is 38.4 Å². The standard InChI is InChI=1S/C22H20N4OS/c1-12-5-7-18-16(9-12)17(11-19(25-18)20-8-6-15(4)28-20)21(27)26-22-23-13(2)10-14(3)24-22/h5-11H,1-4H3,(H,23,24,26,27). The van der Waals surface area contributed by atoms with Gasteiger partial charge in [-0.05, 0) is 64.1 Å². The monoisotopic (exact) mass is 388 g/mol. The fraction of sp³-hybridized carbons (Fsp3) is 0.182. The molecule has 0 aliphatic carbocycles. The summed E-state index contributed by atoms with van der Waals surface area (Å²) in [5, 5.41) is 3.67. The highest BCUT2D eigenvalue weighted by Crippen LogP contribution is 2.30. The first-order valence-electron chi connectivity index (χ1n) is 9.01. The normalized spacial score (nSPS) is 11.0. The predicted molar refractivity (Wildman–Crippen MR) is 114 cm³/mol. The summed E-state index contributed by atoms with van der Waals surface area (Å²) in [6.07, 6.45) is 0. The summed E-state index contributed by atoms with van der Waals surface area (Å²) in [6.45, 7) is 7.83. The van der Waals surface area contributed by atoms with Crippen molar-refractivity contribution in [2.45, 2.75) is 27.7 Å². The zero-order valence-electron chi connectivity index (χ0n) is 16.2. The van der Waals surface area contributed by atoms with Crippen LogP contribution in [0.3, 0.4) is 0 Å². The Morgan fingerprint density at radius 1 is 0.893 bits per heavy atom. The van der Waals surface area contributed by atoms with Gasteiger partial charge in [0.1, 0.15) is 0 Å². The lowest BCUT2D eigenvalue weighted by atomic mass is 10.0. The van der Waals surface area contributed by atoms with Crippen molar-refractivity contribution in [1.29, 1.82) is 0 Å². The lowest BCUT2D eigenvalue weighted by Gasteiger charge is -2.10. The van der Waals surface area contributed by atoms with Crippen molar-refractivity contribution in [3.05, 3.63) is 69.9 Å². The van der Waals surface area contributed by atoms with Crippen molar-refractivity contribution in [2.75, 3.05) is 5.32 Å². The number of nitrogens with zero attached hydrogens (tertiary/aromatic N) is 3. The van der Waals surface area contributed by atoms with Crippen molar-refractivity contribution in [2.24, 2.45) is 0 Å². The first-order valence-corrected chi connectivity index (χ1v) is 9.82. The molecule has 0 radical (unpaired) electrons. The Labute approximate surface area is 167 Å². The summed E-state index contributed by atoms with van der Waals surface area (Å²) in [4.78, 5) is 28.8. The Balaban J connectivity index is 1.83. The fourth-order valence-electron chi connectivity index (χ4n) is 3.18. The molecule has 0 atom stereocenters. The lowest BCUT2D eigenvalue weighted by molar-refractivity contribution is 0.102. The molecule has 3 heterocycles. The van der Waals surface area contributed by atoms with Crippen LogP contribution in [0.15, 0.2) is 42.5 Å². The first-order chi connectivity index (χ1) is 13.4.